The smallest absolute Gasteiger partial charge is 0.411 e. The molecule has 3 aromatic carbocycles. The van der Waals surface area contributed by atoms with Crippen LogP contribution in [-0.4, -0.2) is 21.8 Å². The average molecular weight is 447 g/mol. The molecule has 5 rings (SSSR count). The summed E-state index contributed by atoms with van der Waals surface area (Å²) in [6, 6.07) is 26.1. The molecule has 2 aromatic heterocycles. The highest BCUT2D eigenvalue weighted by Gasteiger charge is 2.15. The summed E-state index contributed by atoms with van der Waals surface area (Å²) in [5.41, 5.74) is 5.00. The lowest BCUT2D eigenvalue weighted by Crippen LogP contribution is -2.14. The molecule has 0 aliphatic rings. The van der Waals surface area contributed by atoms with E-state index in [1.807, 2.05) is 72.9 Å². The van der Waals surface area contributed by atoms with Crippen molar-refractivity contribution in [2.45, 2.75) is 6.61 Å². The van der Waals surface area contributed by atoms with Crippen LogP contribution in [0.1, 0.15) is 21.5 Å². The second-order valence-corrected chi connectivity index (χ2v) is 7.80. The lowest BCUT2D eigenvalue weighted by Gasteiger charge is -2.12. The SMILES string of the molecule is O=C(Nc1cc(C(=O)c2cccnc2)cc(-c2cccc3[nH]ccc23)c1)OCc1ccccc1. The first-order valence-corrected chi connectivity index (χ1v) is 10.8. The third-order valence-corrected chi connectivity index (χ3v) is 5.48. The molecule has 1 amide bonds. The maximum absolute atomic E-state index is 13.2. The molecule has 6 nitrogen and oxygen atoms in total. The van der Waals surface area contributed by atoms with Crippen LogP contribution in [0.3, 0.4) is 0 Å². The molecule has 2 heterocycles. The Hall–Kier alpha value is -4.71. The van der Waals surface area contributed by atoms with Gasteiger partial charge < -0.3 is 9.72 Å². The van der Waals surface area contributed by atoms with Gasteiger partial charge in [-0.05, 0) is 59.2 Å². The number of ether oxygens (including phenoxy) is 1. The molecule has 0 aliphatic heterocycles. The molecule has 0 unspecified atom stereocenters. The molecule has 0 fully saturated rings. The number of carbonyl (C=O) groups excluding carboxylic acids is 2. The molecule has 0 spiro atoms. The first kappa shape index (κ1) is 21.2. The summed E-state index contributed by atoms with van der Waals surface area (Å²) in [4.78, 5) is 33.0. The van der Waals surface area contributed by atoms with Gasteiger partial charge in [0.05, 0.1) is 0 Å². The van der Waals surface area contributed by atoms with Crippen LogP contribution in [0.5, 0.6) is 0 Å². The number of hydrogen-bond donors (Lipinski definition) is 2. The number of nitrogens with zero attached hydrogens (tertiary/aromatic N) is 1. The zero-order valence-corrected chi connectivity index (χ0v) is 18.2. The third kappa shape index (κ3) is 4.56. The molecule has 0 radical (unpaired) electrons. The Bertz CT molecular complexity index is 1460. The van der Waals surface area contributed by atoms with Crippen molar-refractivity contribution < 1.29 is 14.3 Å². The van der Waals surface area contributed by atoms with Crippen LogP contribution in [0.25, 0.3) is 22.0 Å². The van der Waals surface area contributed by atoms with E-state index >= 15 is 0 Å². The molecule has 0 aliphatic carbocycles. The van der Waals surface area contributed by atoms with Crippen molar-refractivity contribution in [3.63, 3.8) is 0 Å². The summed E-state index contributed by atoms with van der Waals surface area (Å²) < 4.78 is 5.37. The Balaban J connectivity index is 1.49. The van der Waals surface area contributed by atoms with Crippen LogP contribution >= 0.6 is 0 Å². The summed E-state index contributed by atoms with van der Waals surface area (Å²) in [6.45, 7) is 0.149. The van der Waals surface area contributed by atoms with E-state index in [4.69, 9.17) is 4.74 Å². The topological polar surface area (TPSA) is 84.1 Å². The fraction of sp³-hybridized carbons (Fsp3) is 0.0357. The second kappa shape index (κ2) is 9.42. The summed E-state index contributed by atoms with van der Waals surface area (Å²) in [5, 5.41) is 3.79. The van der Waals surface area contributed by atoms with Gasteiger partial charge in [0, 0.05) is 46.3 Å². The van der Waals surface area contributed by atoms with Gasteiger partial charge in [0.2, 0.25) is 0 Å². The number of aromatic nitrogens is 2. The van der Waals surface area contributed by atoms with Crippen molar-refractivity contribution in [1.29, 1.82) is 0 Å². The van der Waals surface area contributed by atoms with Gasteiger partial charge in [-0.2, -0.15) is 0 Å². The molecule has 0 atom stereocenters. The maximum Gasteiger partial charge on any atom is 0.411 e. The molecule has 6 heteroatoms. The van der Waals surface area contributed by atoms with Crippen molar-refractivity contribution in [3.8, 4) is 11.1 Å². The van der Waals surface area contributed by atoms with Crippen LogP contribution in [0, 0.1) is 0 Å². The molecular formula is C28H21N3O3. The summed E-state index contributed by atoms with van der Waals surface area (Å²) >= 11 is 0. The van der Waals surface area contributed by atoms with E-state index in [-0.39, 0.29) is 12.4 Å². The number of fused-ring (bicyclic) bond motifs is 1. The number of pyridine rings is 1. The number of hydrogen-bond acceptors (Lipinski definition) is 4. The predicted molar refractivity (Wildman–Crippen MR) is 132 cm³/mol. The van der Waals surface area contributed by atoms with E-state index in [1.165, 1.54) is 6.20 Å². The number of H-pyrrole nitrogens is 1. The molecule has 2 N–H and O–H groups in total. The number of rotatable bonds is 6. The number of benzene rings is 3. The van der Waals surface area contributed by atoms with Crippen molar-refractivity contribution in [2.75, 3.05) is 5.32 Å². The first-order valence-electron chi connectivity index (χ1n) is 10.8. The van der Waals surface area contributed by atoms with Gasteiger partial charge in [0.15, 0.2) is 5.78 Å². The minimum absolute atomic E-state index is 0.149. The Kier molecular flexibility index (Phi) is 5.86. The minimum Gasteiger partial charge on any atom is -0.444 e. The van der Waals surface area contributed by atoms with Crippen LogP contribution in [0.15, 0.2) is 104 Å². The van der Waals surface area contributed by atoms with E-state index in [9.17, 15) is 9.59 Å². The zero-order chi connectivity index (χ0) is 23.3. The van der Waals surface area contributed by atoms with Gasteiger partial charge in [0.1, 0.15) is 6.61 Å². The lowest BCUT2D eigenvalue weighted by molar-refractivity contribution is 0.103. The largest absolute Gasteiger partial charge is 0.444 e. The van der Waals surface area contributed by atoms with Gasteiger partial charge in [-0.3, -0.25) is 15.1 Å². The average Bonchev–Trinajstić information content (AvgIpc) is 3.37. The number of nitrogens with one attached hydrogen (secondary N) is 2. The van der Waals surface area contributed by atoms with E-state index in [1.54, 1.807) is 24.4 Å². The molecule has 0 saturated carbocycles. The van der Waals surface area contributed by atoms with Gasteiger partial charge in [-0.15, -0.1) is 0 Å². The second-order valence-electron chi connectivity index (χ2n) is 7.80. The molecule has 34 heavy (non-hydrogen) atoms. The maximum atomic E-state index is 13.2. The molecule has 5 aromatic rings. The quantitative estimate of drug-likeness (QED) is 0.303. The van der Waals surface area contributed by atoms with Gasteiger partial charge in [-0.25, -0.2) is 4.79 Å². The highest BCUT2D eigenvalue weighted by molar-refractivity contribution is 6.10. The minimum atomic E-state index is -0.597. The summed E-state index contributed by atoms with van der Waals surface area (Å²) in [6.07, 6.45) is 4.43. The van der Waals surface area contributed by atoms with Gasteiger partial charge in [-0.1, -0.05) is 42.5 Å². The Morgan fingerprint density at radius 3 is 2.59 bits per heavy atom. The highest BCUT2D eigenvalue weighted by Crippen LogP contribution is 2.31. The number of carbonyl (C=O) groups is 2. The van der Waals surface area contributed by atoms with Gasteiger partial charge >= 0.3 is 6.09 Å². The number of anilines is 1. The standard InChI is InChI=1S/C28H21N3O3/c32-27(20-8-5-12-29-17-20)22-14-21(24-9-4-10-26-25(24)11-13-30-26)15-23(16-22)31-28(33)34-18-19-6-2-1-3-7-19/h1-17,30H,18H2,(H,31,33). The predicted octanol–water partition coefficient (Wildman–Crippen LogP) is 6.21. The molecule has 166 valence electrons. The fourth-order valence-corrected chi connectivity index (χ4v) is 3.86. The Morgan fingerprint density at radius 1 is 0.882 bits per heavy atom. The zero-order valence-electron chi connectivity index (χ0n) is 18.2. The van der Waals surface area contributed by atoms with Crippen molar-refractivity contribution in [1.82, 2.24) is 9.97 Å². The first-order chi connectivity index (χ1) is 16.7. The van der Waals surface area contributed by atoms with Crippen LogP contribution in [-0.2, 0) is 11.3 Å². The molecule has 0 saturated heterocycles. The monoisotopic (exact) mass is 447 g/mol. The van der Waals surface area contributed by atoms with E-state index in [0.29, 0.717) is 16.8 Å². The van der Waals surface area contributed by atoms with E-state index < -0.39 is 6.09 Å². The third-order valence-electron chi connectivity index (χ3n) is 5.48. The van der Waals surface area contributed by atoms with Crippen molar-refractivity contribution in [2.24, 2.45) is 0 Å². The Morgan fingerprint density at radius 2 is 1.76 bits per heavy atom. The van der Waals surface area contributed by atoms with E-state index in [0.717, 1.165) is 27.6 Å². The highest BCUT2D eigenvalue weighted by atomic mass is 16.5. The molecule has 0 bridgehead atoms. The summed E-state index contributed by atoms with van der Waals surface area (Å²) in [5.74, 6) is -0.183. The van der Waals surface area contributed by atoms with Crippen LogP contribution in [0.2, 0.25) is 0 Å². The van der Waals surface area contributed by atoms with Crippen molar-refractivity contribution in [3.05, 3.63) is 120 Å². The van der Waals surface area contributed by atoms with Gasteiger partial charge in [0.25, 0.3) is 0 Å². The lowest BCUT2D eigenvalue weighted by atomic mass is 9.96. The van der Waals surface area contributed by atoms with Crippen LogP contribution in [0.4, 0.5) is 10.5 Å². The number of amides is 1. The molecular weight excluding hydrogens is 426 g/mol. The normalized spacial score (nSPS) is 10.7. The van der Waals surface area contributed by atoms with Crippen LogP contribution < -0.4 is 5.32 Å². The Labute approximate surface area is 196 Å². The summed E-state index contributed by atoms with van der Waals surface area (Å²) in [7, 11) is 0. The number of ketones is 1. The number of aromatic amines is 1. The van der Waals surface area contributed by atoms with Crippen molar-refractivity contribution >= 4 is 28.5 Å². The fourth-order valence-electron chi connectivity index (χ4n) is 3.86. The van der Waals surface area contributed by atoms with E-state index in [2.05, 4.69) is 15.3 Å².